The molecule has 2 aliphatic rings. The highest BCUT2D eigenvalue weighted by molar-refractivity contribution is 8.76. The highest BCUT2D eigenvalue weighted by atomic mass is 33.1. The molecule has 1 aromatic carbocycles. The van der Waals surface area contributed by atoms with Gasteiger partial charge in [0.05, 0.1) is 51.1 Å². The first kappa shape index (κ1) is 78.6. The molecule has 0 aliphatic carbocycles. The Morgan fingerprint density at radius 2 is 1.57 bits per heavy atom. The van der Waals surface area contributed by atoms with Crippen LogP contribution in [0.1, 0.15) is 112 Å². The van der Waals surface area contributed by atoms with Crippen LogP contribution in [-0.2, 0) is 73.5 Å². The van der Waals surface area contributed by atoms with E-state index in [0.717, 1.165) is 40.3 Å². The zero-order chi connectivity index (χ0) is 69.9. The molecule has 4 rings (SSSR count). The molecule has 2 unspecified atom stereocenters. The number of aliphatic hydroxyl groups excluding tert-OH is 1. The van der Waals surface area contributed by atoms with Crippen molar-refractivity contribution in [2.45, 2.75) is 152 Å². The third-order valence-corrected chi connectivity index (χ3v) is 17.5. The van der Waals surface area contributed by atoms with Crippen LogP contribution in [0.4, 0.5) is 4.79 Å². The third kappa shape index (κ3) is 28.0. The number of ketones is 5. The van der Waals surface area contributed by atoms with E-state index in [2.05, 4.69) is 47.2 Å². The van der Waals surface area contributed by atoms with Gasteiger partial charge in [0.2, 0.25) is 47.3 Å². The second-order valence-electron chi connectivity index (χ2n) is 22.3. The van der Waals surface area contributed by atoms with E-state index < -0.39 is 200 Å². The first-order valence-electron chi connectivity index (χ1n) is 30.9. The number of fused-ring (bicyclic) bond motifs is 2. The molecule has 2 aliphatic heterocycles. The van der Waals surface area contributed by atoms with E-state index in [0.29, 0.717) is 16.5 Å². The number of carboxylic acid groups (broad SMARTS) is 1. The van der Waals surface area contributed by atoms with E-state index >= 15 is 4.79 Å². The van der Waals surface area contributed by atoms with Crippen molar-refractivity contribution in [3.05, 3.63) is 36.0 Å². The van der Waals surface area contributed by atoms with Gasteiger partial charge in [0.25, 0.3) is 0 Å². The minimum Gasteiger partial charge on any atom is -0.481 e. The summed E-state index contributed by atoms with van der Waals surface area (Å²) in [5.41, 5.74) is 28.6. The summed E-state index contributed by atoms with van der Waals surface area (Å²) >= 11 is 0. The molecule has 36 heteroatoms. The Hall–Kier alpha value is -7.80. The van der Waals surface area contributed by atoms with Crippen LogP contribution in [-0.4, -0.2) is 201 Å². The number of hydrogen-bond acceptors (Lipinski definition) is 20. The number of carboxylic acids is 1. The van der Waals surface area contributed by atoms with Crippen LogP contribution < -0.4 is 65.9 Å². The van der Waals surface area contributed by atoms with E-state index in [1.165, 1.54) is 0 Å². The minimum absolute atomic E-state index is 0. The molecule has 0 radical (unpaired) electrons. The van der Waals surface area contributed by atoms with Gasteiger partial charge in [-0.3, -0.25) is 72.1 Å². The van der Waals surface area contributed by atoms with E-state index in [9.17, 15) is 77.3 Å². The Kier molecular flexibility index (Phi) is 35.0. The Balaban J connectivity index is 0.0000157. The lowest BCUT2D eigenvalue weighted by molar-refractivity contribution is -0.146. The number of benzene rings is 1. The van der Waals surface area contributed by atoms with Gasteiger partial charge in [0.15, 0.2) is 29.1 Å². The number of hydrogen-bond donors (Lipinski definition) is 15. The van der Waals surface area contributed by atoms with Gasteiger partial charge < -0.3 is 86.0 Å². The number of aliphatic imine (C=N–C) groups is 1. The molecule has 3 heterocycles. The van der Waals surface area contributed by atoms with Crippen molar-refractivity contribution in [1.29, 1.82) is 0 Å². The van der Waals surface area contributed by atoms with Gasteiger partial charge in [-0.1, -0.05) is 39.8 Å². The van der Waals surface area contributed by atoms with Crippen LogP contribution in [0.25, 0.3) is 10.9 Å². The molecular weight excluding hydrogens is 1310 g/mol. The minimum atomic E-state index is -2.00. The maximum atomic E-state index is 15.1. The molecular formula is C58H89N15O17S4. The highest BCUT2D eigenvalue weighted by Gasteiger charge is 2.42. The number of aromatic amines is 1. The van der Waals surface area contributed by atoms with Crippen molar-refractivity contribution in [1.82, 2.24) is 47.1 Å². The first-order valence-corrected chi connectivity index (χ1v) is 32.2. The number of nitrogens with two attached hydrogens (primary N) is 5. The van der Waals surface area contributed by atoms with Crippen LogP contribution in [0, 0.1) is 17.8 Å². The van der Waals surface area contributed by atoms with Gasteiger partial charge in [-0.2, -0.15) is 27.0 Å². The molecule has 0 saturated carbocycles. The number of carbonyl (C=O) groups is 15. The van der Waals surface area contributed by atoms with Crippen LogP contribution in [0.15, 0.2) is 35.5 Å². The predicted octanol–water partition coefficient (Wildman–Crippen LogP) is -2.89. The van der Waals surface area contributed by atoms with E-state index in [-0.39, 0.29) is 122 Å². The van der Waals surface area contributed by atoms with E-state index in [4.69, 9.17) is 31.4 Å². The molecule has 94 heavy (non-hydrogen) atoms. The van der Waals surface area contributed by atoms with Crippen molar-refractivity contribution in [3.63, 3.8) is 0 Å². The summed E-state index contributed by atoms with van der Waals surface area (Å²) in [5.74, 6) is -18.5. The second kappa shape index (κ2) is 41.8. The first-order chi connectivity index (χ1) is 44.4. The normalized spacial score (nSPS) is 22.1. The number of aromatic nitrogens is 1. The smallest absolute Gasteiger partial charge is 0.312 e. The summed E-state index contributed by atoms with van der Waals surface area (Å²) < 4.78 is 16.6. The largest absolute Gasteiger partial charge is 0.481 e. The zero-order valence-corrected chi connectivity index (χ0v) is 55.7. The number of urea groups is 1. The average Bonchev–Trinajstić information content (AvgIpc) is 1.69. The molecule has 32 nitrogen and oxygen atoms in total. The monoisotopic (exact) mass is 1400 g/mol. The van der Waals surface area contributed by atoms with Gasteiger partial charge in [0.1, 0.15) is 17.9 Å². The Morgan fingerprint density at radius 1 is 0.883 bits per heavy atom. The summed E-state index contributed by atoms with van der Waals surface area (Å²) in [6.07, 6.45) is -6.99. The standard InChI is InChI=1S/C58H85N15O17S2.2H2S/c1-30(74)26-67-52(85)34(13-15-47(60)80)22-44(77)38(20-35-27-66-37-11-4-3-10-36(35)37)69-53(86)32(9-6-18-65-58(63)90)21-45(78)41-29-92-91-28-40(68-49(82)25-59)43(76)14-16-48(81)72-51(31(2)75)55(88)70-39(24-50(83)84)56(89)73-19-7-12-42(73)46(79)23-33(54(87)71-41)8-5-17-64-57(61)62;;/h3-4,10-11,27,31-34,38-42,51,66,75H,5-9,12-26,28-29,59H2,1-2H3,(H2,60,80)(H,67,85)(H,68,82)(H,69,86)(H,70,88)(H,71,87)(H,72,81)(H,83,84)(H4,61,62,64)(H3,63,65,90);2*1H2/t31-,32-,33-,34-,38+,39+,40+,41+,42+,51+;;/m1../s1/i16H,26D;;/t16?,26?,31-,32-,33-,34-,38+,39+,40+,41+,42+,51+;;. The topological polar surface area (TPSA) is 542 Å². The van der Waals surface area contributed by atoms with Crippen molar-refractivity contribution >= 4 is 154 Å². The Labute approximate surface area is 567 Å². The number of Topliss-reactive ketones (excluding diaryl/α,β-unsaturated/α-hetero) is 5. The molecule has 0 spiro atoms. The number of aliphatic hydroxyl groups is 1. The molecule has 2 fully saturated rings. The molecule has 522 valence electrons. The summed E-state index contributed by atoms with van der Waals surface area (Å²) in [5, 5.41) is 38.0. The number of amides is 10. The van der Waals surface area contributed by atoms with Crippen molar-refractivity contribution < 1.29 is 84.9 Å². The maximum Gasteiger partial charge on any atom is 0.312 e. The average molecular weight is 1400 g/mol. The van der Waals surface area contributed by atoms with E-state index in [1.54, 1.807) is 30.5 Å². The molecule has 1 aromatic heterocycles. The molecule has 12 atom stereocenters. The van der Waals surface area contributed by atoms with Crippen LogP contribution in [0.5, 0.6) is 0 Å². The second-order valence-corrected chi connectivity index (χ2v) is 24.8. The number of para-hydroxylation sites is 1. The fraction of sp³-hybridized carbons (Fsp3) is 0.586. The SMILES string of the molecule is S.S.[1H]C1CC(=O)[C@@H](NC(=O)CN)CSSC[C@@H](C(=O)C[C@@H](CCCNC(N)=O)C(=O)N[C@@H](Cc2c[nH]c3ccccc23)C(=O)C[C@@H](CCC(N)=O)C(=O)NC([2H])C(C)=O)NC(=O)[C@H](CCCN=C(N)N)CC(=O)[C@@H]2CCCN2C(=O)[C@H](CC(=O)O)NC(=O)[C@H]([C@@H](C)O)NC1=O. The lowest BCUT2D eigenvalue weighted by Crippen LogP contribution is -2.58. The lowest BCUT2D eigenvalue weighted by Gasteiger charge is -2.30. The van der Waals surface area contributed by atoms with Crippen LogP contribution >= 0.6 is 48.6 Å². The molecule has 2 aromatic rings. The number of guanidine groups is 1. The molecule has 0 bridgehead atoms. The number of rotatable bonds is 29. The van der Waals surface area contributed by atoms with Crippen molar-refractivity contribution in [3.8, 4) is 0 Å². The lowest BCUT2D eigenvalue weighted by atomic mass is 9.89. The number of H-pyrrole nitrogens is 1. The van der Waals surface area contributed by atoms with Gasteiger partial charge >= 0.3 is 12.0 Å². The molecule has 10 amide bonds. The predicted molar refractivity (Wildman–Crippen MR) is 357 cm³/mol. The summed E-state index contributed by atoms with van der Waals surface area (Å²) in [6.45, 7) is -0.493. The summed E-state index contributed by atoms with van der Waals surface area (Å²) in [4.78, 5) is 212. The third-order valence-electron chi connectivity index (χ3n) is 15.1. The van der Waals surface area contributed by atoms with Gasteiger partial charge in [-0.15, -0.1) is 0 Å². The highest BCUT2D eigenvalue weighted by Crippen LogP contribution is 2.29. The van der Waals surface area contributed by atoms with Gasteiger partial charge in [0, 0.05) is 112 Å². The zero-order valence-electron chi connectivity index (χ0n) is 54.1. The Morgan fingerprint density at radius 3 is 2.22 bits per heavy atom. The number of nitrogens with one attached hydrogen (secondary N) is 8. The summed E-state index contributed by atoms with van der Waals surface area (Å²) in [7, 11) is 1.76. The number of primary amides is 2. The number of nitrogens with zero attached hydrogens (tertiary/aromatic N) is 2. The molecule has 2 saturated heterocycles. The van der Waals surface area contributed by atoms with Crippen molar-refractivity contribution in [2.24, 2.45) is 51.4 Å². The Bertz CT molecular complexity index is 3150. The number of carbonyl (C=O) groups excluding carboxylic acids is 14. The van der Waals surface area contributed by atoms with Crippen molar-refractivity contribution in [2.75, 3.05) is 44.2 Å². The quantitative estimate of drug-likeness (QED) is 0.0168. The van der Waals surface area contributed by atoms with E-state index in [1.807, 2.05) is 0 Å². The fourth-order valence-corrected chi connectivity index (χ4v) is 12.7. The summed E-state index contributed by atoms with van der Waals surface area (Å²) in [6, 6.07) is -3.59. The van der Waals surface area contributed by atoms with Gasteiger partial charge in [-0.05, 0) is 70.4 Å². The van der Waals surface area contributed by atoms with Gasteiger partial charge in [-0.25, -0.2) is 4.79 Å². The maximum absolute atomic E-state index is 15.1. The number of aliphatic carboxylic acids is 1. The van der Waals surface area contributed by atoms with Crippen LogP contribution in [0.2, 0.25) is 0 Å². The van der Waals surface area contributed by atoms with Crippen LogP contribution in [0.3, 0.4) is 0 Å². The molecule has 20 N–H and O–H groups in total. The fourth-order valence-electron chi connectivity index (χ4n) is 10.3.